The molecular formula is C27H39N3O2. The molecule has 4 saturated carbocycles. The van der Waals surface area contributed by atoms with Crippen molar-refractivity contribution < 1.29 is 9.90 Å². The zero-order valence-corrected chi connectivity index (χ0v) is 20.2. The van der Waals surface area contributed by atoms with Crippen LogP contribution in [0.1, 0.15) is 91.0 Å². The summed E-state index contributed by atoms with van der Waals surface area (Å²) in [4.78, 5) is 13.5. The number of Topliss-reactive ketones (excluding diaryl/α,β-unsaturated/α-hetero) is 1. The molecule has 4 aliphatic carbocycles. The van der Waals surface area contributed by atoms with Crippen LogP contribution in [0, 0.1) is 51.2 Å². The number of hydrogen-bond acceptors (Lipinski definition) is 4. The van der Waals surface area contributed by atoms with E-state index in [9.17, 15) is 9.90 Å². The van der Waals surface area contributed by atoms with Gasteiger partial charge in [-0.05, 0) is 98.7 Å². The van der Waals surface area contributed by atoms with Crippen LogP contribution in [0.3, 0.4) is 0 Å². The van der Waals surface area contributed by atoms with Gasteiger partial charge in [-0.25, -0.2) is 0 Å². The molecule has 4 aliphatic rings. The third-order valence-corrected chi connectivity index (χ3v) is 11.3. The van der Waals surface area contributed by atoms with Gasteiger partial charge < -0.3 is 5.11 Å². The Morgan fingerprint density at radius 1 is 1.09 bits per heavy atom. The fourth-order valence-electron chi connectivity index (χ4n) is 9.13. The summed E-state index contributed by atoms with van der Waals surface area (Å²) in [6, 6.07) is 2.10. The van der Waals surface area contributed by atoms with Crippen molar-refractivity contribution >= 4 is 5.78 Å². The third kappa shape index (κ3) is 3.05. The average molecular weight is 438 g/mol. The Morgan fingerprint density at radius 3 is 2.56 bits per heavy atom. The monoisotopic (exact) mass is 437 g/mol. The first kappa shape index (κ1) is 22.1. The molecule has 5 nitrogen and oxygen atoms in total. The van der Waals surface area contributed by atoms with Crippen molar-refractivity contribution in [1.29, 1.82) is 5.26 Å². The summed E-state index contributed by atoms with van der Waals surface area (Å²) in [7, 11) is 0. The van der Waals surface area contributed by atoms with Gasteiger partial charge in [0, 0.05) is 12.1 Å². The van der Waals surface area contributed by atoms with Gasteiger partial charge in [0.1, 0.15) is 6.07 Å². The number of nitriles is 1. The normalized spacial score (nSPS) is 47.8. The van der Waals surface area contributed by atoms with E-state index in [0.717, 1.165) is 38.5 Å². The Balaban J connectivity index is 1.38. The van der Waals surface area contributed by atoms with Gasteiger partial charge >= 0.3 is 0 Å². The topological polar surface area (TPSA) is 78.9 Å². The average Bonchev–Trinajstić information content (AvgIpc) is 3.30. The molecule has 5 rings (SSSR count). The van der Waals surface area contributed by atoms with Gasteiger partial charge in [-0.15, -0.1) is 0 Å². The van der Waals surface area contributed by atoms with E-state index in [2.05, 4.69) is 31.9 Å². The molecule has 0 amide bonds. The van der Waals surface area contributed by atoms with Crippen LogP contribution in [0.15, 0.2) is 12.4 Å². The van der Waals surface area contributed by atoms with Gasteiger partial charge in [0.05, 0.1) is 23.9 Å². The third-order valence-electron chi connectivity index (χ3n) is 11.3. The number of nitrogens with zero attached hydrogens (tertiary/aromatic N) is 3. The Labute approximate surface area is 192 Å². The van der Waals surface area contributed by atoms with Crippen LogP contribution < -0.4 is 0 Å². The Kier molecular flexibility index (Phi) is 4.95. The van der Waals surface area contributed by atoms with E-state index in [1.165, 1.54) is 19.3 Å². The van der Waals surface area contributed by atoms with Gasteiger partial charge in [0.25, 0.3) is 0 Å². The lowest BCUT2D eigenvalue weighted by molar-refractivity contribution is -0.176. The molecule has 0 unspecified atom stereocenters. The number of fused-ring (bicyclic) bond motifs is 5. The van der Waals surface area contributed by atoms with E-state index in [4.69, 9.17) is 5.26 Å². The van der Waals surface area contributed by atoms with Crippen molar-refractivity contribution in [3.8, 4) is 6.07 Å². The summed E-state index contributed by atoms with van der Waals surface area (Å²) in [6.45, 7) is 9.74. The largest absolute Gasteiger partial charge is 0.390 e. The molecule has 0 spiro atoms. The number of hydrogen-bond donors (Lipinski definition) is 1. The number of ketones is 1. The van der Waals surface area contributed by atoms with Crippen molar-refractivity contribution in [3.05, 3.63) is 18.0 Å². The summed E-state index contributed by atoms with van der Waals surface area (Å²) in [5.74, 6) is 2.40. The number of aromatic nitrogens is 2. The minimum Gasteiger partial charge on any atom is -0.390 e. The first-order valence-corrected chi connectivity index (χ1v) is 12.7. The predicted molar refractivity (Wildman–Crippen MR) is 122 cm³/mol. The van der Waals surface area contributed by atoms with E-state index in [1.807, 2.05) is 6.92 Å². The highest BCUT2D eigenvalue weighted by molar-refractivity contribution is 5.82. The maximum Gasteiger partial charge on any atom is 0.157 e. The van der Waals surface area contributed by atoms with E-state index in [-0.39, 0.29) is 29.1 Å². The molecule has 1 N–H and O–H groups in total. The van der Waals surface area contributed by atoms with Crippen LogP contribution in [-0.4, -0.2) is 26.3 Å². The second-order valence-corrected chi connectivity index (χ2v) is 12.7. The molecule has 0 bridgehead atoms. The second-order valence-electron chi connectivity index (χ2n) is 12.7. The summed E-state index contributed by atoms with van der Waals surface area (Å²) in [6.07, 6.45) is 13.2. The Hall–Kier alpha value is -1.67. The molecule has 32 heavy (non-hydrogen) atoms. The van der Waals surface area contributed by atoms with Crippen molar-refractivity contribution in [3.63, 3.8) is 0 Å². The number of carbonyl (C=O) groups is 1. The number of rotatable bonds is 3. The van der Waals surface area contributed by atoms with Gasteiger partial charge in [-0.3, -0.25) is 9.48 Å². The van der Waals surface area contributed by atoms with E-state index >= 15 is 0 Å². The zero-order chi connectivity index (χ0) is 22.9. The quantitative estimate of drug-likeness (QED) is 0.711. The molecule has 4 fully saturated rings. The van der Waals surface area contributed by atoms with Gasteiger partial charge in [0.15, 0.2) is 5.78 Å². The second kappa shape index (κ2) is 7.16. The molecule has 1 aromatic rings. The maximum absolute atomic E-state index is 13.5. The van der Waals surface area contributed by atoms with Crippen LogP contribution in [0.25, 0.3) is 0 Å². The highest BCUT2D eigenvalue weighted by atomic mass is 16.3. The first-order chi connectivity index (χ1) is 15.0. The van der Waals surface area contributed by atoms with E-state index in [1.54, 1.807) is 17.1 Å². The summed E-state index contributed by atoms with van der Waals surface area (Å²) < 4.78 is 1.64. The molecule has 1 heterocycles. The number of aliphatic hydroxyl groups is 1. The minimum atomic E-state index is -0.493. The fraction of sp³-hybridized carbons (Fsp3) is 0.815. The molecule has 1 aromatic heterocycles. The van der Waals surface area contributed by atoms with Crippen LogP contribution in [-0.2, 0) is 11.3 Å². The fourth-order valence-corrected chi connectivity index (χ4v) is 9.13. The van der Waals surface area contributed by atoms with Crippen molar-refractivity contribution in [1.82, 2.24) is 9.78 Å². The standard InChI is InChI=1S/C27H39N3O2/c1-24(32)11-12-25(2)19(13-24)5-6-21-20(25)7-9-27(4)22(8-10-26(21,27)3)23(31)17-30-16-18(14-28)15-29-30/h15-16,19-22,32H,5-13,17H2,1-4H3/t19-,20+,21-,22-,24-,25+,26+,27-/m1/s1. The van der Waals surface area contributed by atoms with E-state index in [0.29, 0.717) is 28.7 Å². The molecule has 0 radical (unpaired) electrons. The van der Waals surface area contributed by atoms with Crippen molar-refractivity contribution in [2.45, 2.75) is 97.6 Å². The lowest BCUT2D eigenvalue weighted by Crippen LogP contribution is -2.59. The van der Waals surface area contributed by atoms with Crippen LogP contribution in [0.2, 0.25) is 0 Å². The molecule has 174 valence electrons. The molecule has 0 aliphatic heterocycles. The molecule has 0 aromatic carbocycles. The number of carbonyl (C=O) groups excluding carboxylic acids is 1. The van der Waals surface area contributed by atoms with Crippen LogP contribution in [0.4, 0.5) is 0 Å². The van der Waals surface area contributed by atoms with E-state index < -0.39 is 5.60 Å². The van der Waals surface area contributed by atoms with Crippen molar-refractivity contribution in [2.24, 2.45) is 39.9 Å². The van der Waals surface area contributed by atoms with Gasteiger partial charge in [-0.1, -0.05) is 20.8 Å². The lowest BCUT2D eigenvalue weighted by atomic mass is 9.40. The highest BCUT2D eigenvalue weighted by Crippen LogP contribution is 2.73. The van der Waals surface area contributed by atoms with Gasteiger partial charge in [0.2, 0.25) is 0 Å². The summed E-state index contributed by atoms with van der Waals surface area (Å²) >= 11 is 0. The first-order valence-electron chi connectivity index (χ1n) is 12.7. The van der Waals surface area contributed by atoms with Gasteiger partial charge in [-0.2, -0.15) is 10.4 Å². The SMILES string of the molecule is C[C@@]1(O)CC[C@@]2(C)[C@H](CC[C@@H]3[C@@H]2CC[C@]2(C)[C@@H](C(=O)Cn4cc(C#N)cn4)CC[C@@]32C)C1. The summed E-state index contributed by atoms with van der Waals surface area (Å²) in [5, 5.41) is 24.0. The lowest BCUT2D eigenvalue weighted by Gasteiger charge is -2.65. The summed E-state index contributed by atoms with van der Waals surface area (Å²) in [5.41, 5.74) is 0.594. The smallest absolute Gasteiger partial charge is 0.157 e. The zero-order valence-electron chi connectivity index (χ0n) is 20.2. The molecular weight excluding hydrogens is 398 g/mol. The highest BCUT2D eigenvalue weighted by Gasteiger charge is 2.66. The Bertz CT molecular complexity index is 960. The van der Waals surface area contributed by atoms with Crippen molar-refractivity contribution in [2.75, 3.05) is 0 Å². The molecule has 5 heteroatoms. The molecule has 0 saturated heterocycles. The van der Waals surface area contributed by atoms with Crippen LogP contribution >= 0.6 is 0 Å². The predicted octanol–water partition coefficient (Wildman–Crippen LogP) is 5.12. The Morgan fingerprint density at radius 2 is 1.84 bits per heavy atom. The molecule has 8 atom stereocenters. The minimum absolute atomic E-state index is 0.0415. The maximum atomic E-state index is 13.5. The van der Waals surface area contributed by atoms with Crippen LogP contribution in [0.5, 0.6) is 0 Å².